The van der Waals surface area contributed by atoms with Crippen LogP contribution < -0.4 is 0 Å². The van der Waals surface area contributed by atoms with E-state index in [4.69, 9.17) is 23.7 Å². The van der Waals surface area contributed by atoms with Crippen LogP contribution in [-0.2, 0) is 47.7 Å². The van der Waals surface area contributed by atoms with Gasteiger partial charge in [0.05, 0.1) is 7.11 Å². The Morgan fingerprint density at radius 1 is 0.731 bits per heavy atom. The zero-order valence-electron chi connectivity index (χ0n) is 15.2. The summed E-state index contributed by atoms with van der Waals surface area (Å²) < 4.78 is 25.3. The number of esters is 5. The number of ether oxygens (including phenoxy) is 5. The molecule has 0 N–H and O–H groups in total. The van der Waals surface area contributed by atoms with E-state index in [1.165, 1.54) is 0 Å². The average molecular weight is 374 g/mol. The summed E-state index contributed by atoms with van der Waals surface area (Å²) in [5.74, 6) is -3.86. The van der Waals surface area contributed by atoms with Gasteiger partial charge >= 0.3 is 29.8 Å². The van der Waals surface area contributed by atoms with E-state index in [1.807, 2.05) is 0 Å². The lowest BCUT2D eigenvalue weighted by atomic mass is 9.78. The fourth-order valence-corrected chi connectivity index (χ4v) is 2.95. The Kier molecular flexibility index (Phi) is 7.10. The molecule has 0 bridgehead atoms. The third-order valence-electron chi connectivity index (χ3n) is 3.63. The Hall–Kier alpha value is -2.65. The third-order valence-corrected chi connectivity index (χ3v) is 3.63. The van der Waals surface area contributed by atoms with Gasteiger partial charge in [-0.25, -0.2) is 4.79 Å². The van der Waals surface area contributed by atoms with Gasteiger partial charge in [-0.3, -0.25) is 19.2 Å². The van der Waals surface area contributed by atoms with E-state index >= 15 is 0 Å². The minimum absolute atomic E-state index is 0.325. The van der Waals surface area contributed by atoms with Crippen molar-refractivity contribution in [3.63, 3.8) is 0 Å². The second-order valence-electron chi connectivity index (χ2n) is 5.86. The highest BCUT2D eigenvalue weighted by molar-refractivity contribution is 5.83. The smallest absolute Gasteiger partial charge is 0.350 e. The van der Waals surface area contributed by atoms with Gasteiger partial charge < -0.3 is 23.7 Å². The van der Waals surface area contributed by atoms with Crippen molar-refractivity contribution in [2.45, 2.75) is 64.4 Å². The van der Waals surface area contributed by atoms with Crippen LogP contribution in [0.1, 0.15) is 40.5 Å². The Labute approximate surface area is 150 Å². The standard InChI is InChI=1S/C16H22O10/c1-8(17)23-12-6-16(15(21)22-5,26-11(4)20)7-13(24-9(2)18)14(12)25-10(3)19/h12-14H,6-7H2,1-5H3/t12-,13-,14?,16?/m1/s1. The lowest BCUT2D eigenvalue weighted by Crippen LogP contribution is -2.60. The summed E-state index contributed by atoms with van der Waals surface area (Å²) in [5, 5.41) is 0. The second kappa shape index (κ2) is 8.63. The first-order chi connectivity index (χ1) is 12.0. The van der Waals surface area contributed by atoms with Crippen molar-refractivity contribution in [2.75, 3.05) is 7.11 Å². The summed E-state index contributed by atoms with van der Waals surface area (Å²) in [6.07, 6.45) is -4.22. The van der Waals surface area contributed by atoms with Crippen LogP contribution in [0, 0.1) is 0 Å². The van der Waals surface area contributed by atoms with Gasteiger partial charge in [-0.05, 0) is 0 Å². The van der Waals surface area contributed by atoms with Crippen molar-refractivity contribution < 1.29 is 47.7 Å². The van der Waals surface area contributed by atoms with Gasteiger partial charge in [0.2, 0.25) is 5.60 Å². The van der Waals surface area contributed by atoms with Crippen LogP contribution in [0.5, 0.6) is 0 Å². The molecule has 0 spiro atoms. The fourth-order valence-electron chi connectivity index (χ4n) is 2.95. The number of hydrogen-bond acceptors (Lipinski definition) is 10. The van der Waals surface area contributed by atoms with Crippen LogP contribution in [0.2, 0.25) is 0 Å². The van der Waals surface area contributed by atoms with Gasteiger partial charge in [-0.15, -0.1) is 0 Å². The molecule has 0 amide bonds. The maximum Gasteiger partial charge on any atom is 0.350 e. The molecular weight excluding hydrogens is 352 g/mol. The Morgan fingerprint density at radius 2 is 1.15 bits per heavy atom. The van der Waals surface area contributed by atoms with E-state index in [9.17, 15) is 24.0 Å². The Bertz CT molecular complexity index is 570. The van der Waals surface area contributed by atoms with Gasteiger partial charge in [0, 0.05) is 40.5 Å². The molecule has 10 heteroatoms. The quantitative estimate of drug-likeness (QED) is 0.480. The molecule has 1 aliphatic carbocycles. The summed E-state index contributed by atoms with van der Waals surface area (Å²) in [6.45, 7) is 4.45. The van der Waals surface area contributed by atoms with E-state index in [2.05, 4.69) is 0 Å². The molecule has 0 aliphatic heterocycles. The highest BCUT2D eigenvalue weighted by Crippen LogP contribution is 2.38. The molecule has 0 aromatic carbocycles. The molecule has 0 unspecified atom stereocenters. The lowest BCUT2D eigenvalue weighted by molar-refractivity contribution is -0.221. The summed E-state index contributed by atoms with van der Waals surface area (Å²) in [4.78, 5) is 58.2. The molecule has 0 saturated heterocycles. The predicted octanol–water partition coefficient (Wildman–Crippen LogP) is 0.0502. The highest BCUT2D eigenvalue weighted by Gasteiger charge is 2.57. The van der Waals surface area contributed by atoms with Crippen LogP contribution >= 0.6 is 0 Å². The summed E-state index contributed by atoms with van der Waals surface area (Å²) in [7, 11) is 1.09. The first-order valence-electron chi connectivity index (χ1n) is 7.80. The molecule has 0 aromatic rings. The molecule has 26 heavy (non-hydrogen) atoms. The number of rotatable bonds is 5. The molecule has 0 heterocycles. The monoisotopic (exact) mass is 374 g/mol. The van der Waals surface area contributed by atoms with Crippen molar-refractivity contribution >= 4 is 29.8 Å². The normalized spacial score (nSPS) is 27.7. The molecule has 1 fully saturated rings. The van der Waals surface area contributed by atoms with Gasteiger partial charge in [0.15, 0.2) is 6.10 Å². The molecule has 1 rings (SSSR count). The Morgan fingerprint density at radius 3 is 1.46 bits per heavy atom. The number of carbonyl (C=O) groups is 5. The molecule has 0 aromatic heterocycles. The maximum atomic E-state index is 12.3. The molecule has 0 radical (unpaired) electrons. The van der Waals surface area contributed by atoms with Crippen molar-refractivity contribution in [1.29, 1.82) is 0 Å². The maximum absolute atomic E-state index is 12.3. The number of carbonyl (C=O) groups excluding carboxylic acids is 5. The Balaban J connectivity index is 3.37. The topological polar surface area (TPSA) is 132 Å². The van der Waals surface area contributed by atoms with Crippen LogP contribution in [0.4, 0.5) is 0 Å². The van der Waals surface area contributed by atoms with Gasteiger partial charge in [-0.2, -0.15) is 0 Å². The molecule has 1 saturated carbocycles. The first-order valence-corrected chi connectivity index (χ1v) is 7.80. The molecule has 146 valence electrons. The predicted molar refractivity (Wildman–Crippen MR) is 82.4 cm³/mol. The van der Waals surface area contributed by atoms with E-state index in [1.54, 1.807) is 0 Å². The summed E-state index contributed by atoms with van der Waals surface area (Å²) in [5.41, 5.74) is -1.86. The highest BCUT2D eigenvalue weighted by atomic mass is 16.6. The van der Waals surface area contributed by atoms with Crippen molar-refractivity contribution in [1.82, 2.24) is 0 Å². The largest absolute Gasteiger partial charge is 0.466 e. The van der Waals surface area contributed by atoms with Gasteiger partial charge in [-0.1, -0.05) is 0 Å². The number of hydrogen-bond donors (Lipinski definition) is 0. The van der Waals surface area contributed by atoms with Crippen LogP contribution in [0.3, 0.4) is 0 Å². The molecule has 1 aliphatic rings. The third kappa shape index (κ3) is 5.43. The fraction of sp³-hybridized carbons (Fsp3) is 0.688. The molecular formula is C16H22O10. The van der Waals surface area contributed by atoms with Crippen molar-refractivity contribution in [3.05, 3.63) is 0 Å². The average Bonchev–Trinajstić information content (AvgIpc) is 2.47. The lowest BCUT2D eigenvalue weighted by Gasteiger charge is -2.44. The van der Waals surface area contributed by atoms with Crippen LogP contribution in [0.25, 0.3) is 0 Å². The summed E-state index contributed by atoms with van der Waals surface area (Å²) in [6, 6.07) is 0. The molecule has 10 nitrogen and oxygen atoms in total. The van der Waals surface area contributed by atoms with Crippen molar-refractivity contribution in [2.24, 2.45) is 0 Å². The minimum Gasteiger partial charge on any atom is -0.466 e. The summed E-state index contributed by atoms with van der Waals surface area (Å²) >= 11 is 0. The van der Waals surface area contributed by atoms with E-state index in [0.717, 1.165) is 34.8 Å². The van der Waals surface area contributed by atoms with E-state index in [0.29, 0.717) is 0 Å². The van der Waals surface area contributed by atoms with Gasteiger partial charge in [0.25, 0.3) is 0 Å². The first kappa shape index (κ1) is 21.4. The number of methoxy groups -OCH3 is 1. The molecule has 2 atom stereocenters. The van der Waals surface area contributed by atoms with Gasteiger partial charge in [0.1, 0.15) is 12.2 Å². The van der Waals surface area contributed by atoms with Crippen molar-refractivity contribution in [3.8, 4) is 0 Å². The minimum atomic E-state index is -1.86. The van der Waals surface area contributed by atoms with Crippen LogP contribution in [-0.4, -0.2) is 60.9 Å². The zero-order valence-corrected chi connectivity index (χ0v) is 15.2. The van der Waals surface area contributed by atoms with E-state index < -0.39 is 53.8 Å². The second-order valence-corrected chi connectivity index (χ2v) is 5.86. The van der Waals surface area contributed by atoms with E-state index in [-0.39, 0.29) is 12.8 Å². The zero-order chi connectivity index (χ0) is 20.1. The van der Waals surface area contributed by atoms with Crippen LogP contribution in [0.15, 0.2) is 0 Å². The SMILES string of the molecule is COC(=O)C1(OC(C)=O)C[C@@H](OC(C)=O)C(OC(C)=O)[C@H](OC(C)=O)C1.